The summed E-state index contributed by atoms with van der Waals surface area (Å²) >= 11 is 9.32. The molecule has 17 heavy (non-hydrogen) atoms. The summed E-state index contributed by atoms with van der Waals surface area (Å²) in [7, 11) is 1.93. The quantitative estimate of drug-likeness (QED) is 0.932. The van der Waals surface area contributed by atoms with Crippen molar-refractivity contribution in [2.45, 2.75) is 6.04 Å². The van der Waals surface area contributed by atoms with Gasteiger partial charge in [0.1, 0.15) is 0 Å². The standard InChI is InChI=1S/C13H12BrClN2/c1-16-13(9-2-4-12(15)5-3-9)10-6-11(14)8-17-7-10/h2-8,13,16H,1H3. The number of pyridine rings is 1. The average molecular weight is 312 g/mol. The Labute approximate surface area is 114 Å². The molecule has 4 heteroatoms. The van der Waals surface area contributed by atoms with Gasteiger partial charge in [-0.15, -0.1) is 0 Å². The summed E-state index contributed by atoms with van der Waals surface area (Å²) in [5.41, 5.74) is 2.28. The maximum atomic E-state index is 5.89. The molecular formula is C13H12BrClN2. The molecular weight excluding hydrogens is 300 g/mol. The van der Waals surface area contributed by atoms with Gasteiger partial charge in [0.2, 0.25) is 0 Å². The molecule has 2 nitrogen and oxygen atoms in total. The Hall–Kier alpha value is -0.900. The highest BCUT2D eigenvalue weighted by molar-refractivity contribution is 9.10. The highest BCUT2D eigenvalue weighted by atomic mass is 79.9. The van der Waals surface area contributed by atoms with E-state index in [9.17, 15) is 0 Å². The monoisotopic (exact) mass is 310 g/mol. The molecule has 0 aliphatic carbocycles. The number of benzene rings is 1. The first-order valence-electron chi connectivity index (χ1n) is 5.24. The zero-order valence-electron chi connectivity index (χ0n) is 9.32. The lowest BCUT2D eigenvalue weighted by molar-refractivity contribution is 0.688. The smallest absolute Gasteiger partial charge is 0.0589 e. The van der Waals surface area contributed by atoms with Crippen LogP contribution in [0.25, 0.3) is 0 Å². The third kappa shape index (κ3) is 3.06. The SMILES string of the molecule is CNC(c1ccc(Cl)cc1)c1cncc(Br)c1. The van der Waals surface area contributed by atoms with Gasteiger partial charge >= 0.3 is 0 Å². The van der Waals surface area contributed by atoms with Gasteiger partial charge in [-0.2, -0.15) is 0 Å². The van der Waals surface area contributed by atoms with Crippen molar-refractivity contribution >= 4 is 27.5 Å². The van der Waals surface area contributed by atoms with Crippen molar-refractivity contribution in [3.05, 3.63) is 63.3 Å². The Morgan fingerprint density at radius 2 is 1.88 bits per heavy atom. The van der Waals surface area contributed by atoms with E-state index < -0.39 is 0 Å². The molecule has 0 aliphatic heterocycles. The second kappa shape index (κ2) is 5.63. The number of nitrogens with zero attached hydrogens (tertiary/aromatic N) is 1. The Morgan fingerprint density at radius 1 is 1.18 bits per heavy atom. The fourth-order valence-corrected chi connectivity index (χ4v) is 2.28. The summed E-state index contributed by atoms with van der Waals surface area (Å²) in [5, 5.41) is 4.02. The highest BCUT2D eigenvalue weighted by Crippen LogP contribution is 2.24. The lowest BCUT2D eigenvalue weighted by Gasteiger charge is -2.17. The molecule has 88 valence electrons. The number of nitrogens with one attached hydrogen (secondary N) is 1. The van der Waals surface area contributed by atoms with Crippen LogP contribution in [0.5, 0.6) is 0 Å². The first kappa shape index (κ1) is 12.6. The minimum atomic E-state index is 0.122. The van der Waals surface area contributed by atoms with Crippen LogP contribution in [0.4, 0.5) is 0 Å². The molecule has 0 aliphatic rings. The molecule has 1 aromatic carbocycles. The molecule has 1 unspecified atom stereocenters. The van der Waals surface area contributed by atoms with Gasteiger partial charge in [-0.25, -0.2) is 0 Å². The zero-order valence-corrected chi connectivity index (χ0v) is 11.7. The van der Waals surface area contributed by atoms with Gasteiger partial charge in [0.15, 0.2) is 0 Å². The molecule has 0 radical (unpaired) electrons. The van der Waals surface area contributed by atoms with Crippen molar-refractivity contribution in [3.63, 3.8) is 0 Å². The largest absolute Gasteiger partial charge is 0.309 e. The van der Waals surface area contributed by atoms with Crippen LogP contribution < -0.4 is 5.32 Å². The Kier molecular flexibility index (Phi) is 4.15. The number of aromatic nitrogens is 1. The van der Waals surface area contributed by atoms with Gasteiger partial charge in [0.25, 0.3) is 0 Å². The van der Waals surface area contributed by atoms with Crippen LogP contribution in [0.1, 0.15) is 17.2 Å². The molecule has 0 bridgehead atoms. The van der Waals surface area contributed by atoms with E-state index >= 15 is 0 Å². The Morgan fingerprint density at radius 3 is 2.47 bits per heavy atom. The predicted octanol–water partition coefficient (Wildman–Crippen LogP) is 3.81. The summed E-state index contributed by atoms with van der Waals surface area (Å²) in [6.07, 6.45) is 3.64. The van der Waals surface area contributed by atoms with E-state index in [1.165, 1.54) is 0 Å². The molecule has 1 N–H and O–H groups in total. The highest BCUT2D eigenvalue weighted by Gasteiger charge is 2.12. The average Bonchev–Trinajstić information content (AvgIpc) is 2.33. The third-order valence-electron chi connectivity index (χ3n) is 2.55. The van der Waals surface area contributed by atoms with Crippen LogP contribution in [-0.2, 0) is 0 Å². The minimum absolute atomic E-state index is 0.122. The van der Waals surface area contributed by atoms with Crippen LogP contribution in [-0.4, -0.2) is 12.0 Å². The summed E-state index contributed by atoms with van der Waals surface area (Å²) in [6, 6.07) is 10.0. The molecule has 1 atom stereocenters. The number of halogens is 2. The van der Waals surface area contributed by atoms with Crippen LogP contribution in [0.2, 0.25) is 5.02 Å². The van der Waals surface area contributed by atoms with Gasteiger partial charge < -0.3 is 5.32 Å². The lowest BCUT2D eigenvalue weighted by Crippen LogP contribution is -2.17. The molecule has 1 aromatic heterocycles. The van der Waals surface area contributed by atoms with Crippen molar-refractivity contribution in [3.8, 4) is 0 Å². The second-order valence-corrected chi connectivity index (χ2v) is 5.06. The Bertz CT molecular complexity index is 499. The summed E-state index contributed by atoms with van der Waals surface area (Å²) < 4.78 is 0.976. The van der Waals surface area contributed by atoms with Gasteiger partial charge in [-0.05, 0) is 52.3 Å². The lowest BCUT2D eigenvalue weighted by atomic mass is 10.0. The number of hydrogen-bond donors (Lipinski definition) is 1. The van der Waals surface area contributed by atoms with E-state index in [4.69, 9.17) is 11.6 Å². The van der Waals surface area contributed by atoms with E-state index in [1.54, 1.807) is 6.20 Å². The van der Waals surface area contributed by atoms with E-state index in [-0.39, 0.29) is 6.04 Å². The van der Waals surface area contributed by atoms with E-state index in [2.05, 4.69) is 32.3 Å². The maximum absolute atomic E-state index is 5.89. The van der Waals surface area contributed by atoms with Crippen molar-refractivity contribution in [1.29, 1.82) is 0 Å². The fourth-order valence-electron chi connectivity index (χ4n) is 1.77. The van der Waals surface area contributed by atoms with Gasteiger partial charge in [0, 0.05) is 21.9 Å². The molecule has 0 spiro atoms. The molecule has 2 aromatic rings. The van der Waals surface area contributed by atoms with E-state index in [0.717, 1.165) is 20.6 Å². The normalized spacial score (nSPS) is 12.4. The van der Waals surface area contributed by atoms with Crippen LogP contribution in [0, 0.1) is 0 Å². The van der Waals surface area contributed by atoms with Crippen LogP contribution in [0.3, 0.4) is 0 Å². The van der Waals surface area contributed by atoms with Gasteiger partial charge in [-0.3, -0.25) is 4.98 Å². The van der Waals surface area contributed by atoms with E-state index in [0.29, 0.717) is 0 Å². The molecule has 2 rings (SSSR count). The van der Waals surface area contributed by atoms with Crippen molar-refractivity contribution in [2.75, 3.05) is 7.05 Å². The molecule has 0 saturated carbocycles. The minimum Gasteiger partial charge on any atom is -0.309 e. The second-order valence-electron chi connectivity index (χ2n) is 3.71. The Balaban J connectivity index is 2.36. The van der Waals surface area contributed by atoms with Crippen LogP contribution in [0.15, 0.2) is 47.2 Å². The first-order chi connectivity index (χ1) is 8.20. The molecule has 1 heterocycles. The topological polar surface area (TPSA) is 24.9 Å². The van der Waals surface area contributed by atoms with Gasteiger partial charge in [0.05, 0.1) is 6.04 Å². The molecule has 0 saturated heterocycles. The fraction of sp³-hybridized carbons (Fsp3) is 0.154. The third-order valence-corrected chi connectivity index (χ3v) is 3.24. The predicted molar refractivity (Wildman–Crippen MR) is 74.3 cm³/mol. The summed E-state index contributed by atoms with van der Waals surface area (Å²) in [5.74, 6) is 0. The van der Waals surface area contributed by atoms with Crippen molar-refractivity contribution in [1.82, 2.24) is 10.3 Å². The van der Waals surface area contributed by atoms with Crippen molar-refractivity contribution < 1.29 is 0 Å². The summed E-state index contributed by atoms with van der Waals surface area (Å²) in [4.78, 5) is 4.18. The van der Waals surface area contributed by atoms with Crippen molar-refractivity contribution in [2.24, 2.45) is 0 Å². The first-order valence-corrected chi connectivity index (χ1v) is 6.41. The van der Waals surface area contributed by atoms with E-state index in [1.807, 2.05) is 37.5 Å². The number of hydrogen-bond acceptors (Lipinski definition) is 2. The summed E-state index contributed by atoms with van der Waals surface area (Å²) in [6.45, 7) is 0. The van der Waals surface area contributed by atoms with Crippen LogP contribution >= 0.6 is 27.5 Å². The van der Waals surface area contributed by atoms with Gasteiger partial charge in [-0.1, -0.05) is 23.7 Å². The maximum Gasteiger partial charge on any atom is 0.0589 e. The molecule has 0 amide bonds. The molecule has 0 fully saturated rings. The number of rotatable bonds is 3. The zero-order chi connectivity index (χ0) is 12.3.